The van der Waals surface area contributed by atoms with Crippen molar-refractivity contribution in [1.82, 2.24) is 0 Å². The standard InChI is InChI=1S/C19H26O4/c1-2-6-16(13-14-7-4-3-5-8-14)19(18(22)23)11-9-15(10-12-19)17(20)21/h3-5,7-8,15-16H,2,6,9-13H2,1H3,(H,20,21)(H,22,23). The largest absolute Gasteiger partial charge is 0.481 e. The molecule has 1 aliphatic carbocycles. The van der Waals surface area contributed by atoms with Crippen LogP contribution in [0.5, 0.6) is 0 Å². The van der Waals surface area contributed by atoms with Gasteiger partial charge in [0.25, 0.3) is 0 Å². The Morgan fingerprint density at radius 3 is 2.26 bits per heavy atom. The maximum atomic E-state index is 12.1. The van der Waals surface area contributed by atoms with Crippen LogP contribution >= 0.6 is 0 Å². The lowest BCUT2D eigenvalue weighted by Gasteiger charge is -2.42. The summed E-state index contributed by atoms with van der Waals surface area (Å²) in [5.41, 5.74) is 0.379. The van der Waals surface area contributed by atoms with E-state index in [2.05, 4.69) is 6.92 Å². The third-order valence-electron chi connectivity index (χ3n) is 5.40. The van der Waals surface area contributed by atoms with Crippen molar-refractivity contribution >= 4 is 11.9 Å². The van der Waals surface area contributed by atoms with Gasteiger partial charge in [-0.3, -0.25) is 9.59 Å². The summed E-state index contributed by atoms with van der Waals surface area (Å²) >= 11 is 0. The van der Waals surface area contributed by atoms with Crippen LogP contribution in [0.15, 0.2) is 30.3 Å². The molecule has 0 amide bonds. The van der Waals surface area contributed by atoms with E-state index in [4.69, 9.17) is 0 Å². The Hall–Kier alpha value is -1.84. The molecule has 1 aliphatic rings. The lowest BCUT2D eigenvalue weighted by molar-refractivity contribution is -0.159. The molecule has 0 bridgehead atoms. The summed E-state index contributed by atoms with van der Waals surface area (Å²) in [6, 6.07) is 10.0. The van der Waals surface area contributed by atoms with Crippen LogP contribution < -0.4 is 0 Å². The van der Waals surface area contributed by atoms with E-state index >= 15 is 0 Å². The van der Waals surface area contributed by atoms with Gasteiger partial charge in [-0.15, -0.1) is 0 Å². The zero-order chi connectivity index (χ0) is 16.9. The van der Waals surface area contributed by atoms with E-state index in [1.54, 1.807) is 0 Å². The average molecular weight is 318 g/mol. The molecule has 0 aromatic heterocycles. The van der Waals surface area contributed by atoms with Gasteiger partial charge in [-0.2, -0.15) is 0 Å². The molecule has 1 aromatic rings. The Morgan fingerprint density at radius 1 is 1.17 bits per heavy atom. The van der Waals surface area contributed by atoms with Gasteiger partial charge in [0.1, 0.15) is 0 Å². The summed E-state index contributed by atoms with van der Waals surface area (Å²) in [6.45, 7) is 2.08. The second-order valence-electron chi connectivity index (χ2n) is 6.75. The van der Waals surface area contributed by atoms with Crippen molar-refractivity contribution in [2.24, 2.45) is 17.3 Å². The Bertz CT molecular complexity index is 530. The number of benzene rings is 1. The molecule has 126 valence electrons. The van der Waals surface area contributed by atoms with Gasteiger partial charge in [-0.1, -0.05) is 43.7 Å². The van der Waals surface area contributed by atoms with Gasteiger partial charge < -0.3 is 10.2 Å². The third-order valence-corrected chi connectivity index (χ3v) is 5.40. The summed E-state index contributed by atoms with van der Waals surface area (Å²) in [5.74, 6) is -1.88. The fourth-order valence-electron chi connectivity index (χ4n) is 4.00. The molecule has 0 saturated heterocycles. The Labute approximate surface area is 137 Å². The summed E-state index contributed by atoms with van der Waals surface area (Å²) < 4.78 is 0. The molecule has 1 fully saturated rings. The topological polar surface area (TPSA) is 74.6 Å². The van der Waals surface area contributed by atoms with Crippen molar-refractivity contribution in [2.75, 3.05) is 0 Å². The monoisotopic (exact) mass is 318 g/mol. The summed E-state index contributed by atoms with van der Waals surface area (Å²) in [4.78, 5) is 23.3. The van der Waals surface area contributed by atoms with E-state index < -0.39 is 17.4 Å². The Morgan fingerprint density at radius 2 is 1.78 bits per heavy atom. The van der Waals surface area contributed by atoms with Crippen LogP contribution in [-0.2, 0) is 16.0 Å². The lowest BCUT2D eigenvalue weighted by Crippen LogP contribution is -2.43. The Balaban J connectivity index is 2.22. The number of carbonyl (C=O) groups is 2. The molecule has 0 radical (unpaired) electrons. The van der Waals surface area contributed by atoms with Gasteiger partial charge in [0.05, 0.1) is 11.3 Å². The highest BCUT2D eigenvalue weighted by Crippen LogP contribution is 2.47. The first kappa shape index (κ1) is 17.5. The molecule has 0 spiro atoms. The molecule has 0 heterocycles. The van der Waals surface area contributed by atoms with Crippen LogP contribution in [0.1, 0.15) is 51.0 Å². The predicted octanol–water partition coefficient (Wildman–Crippen LogP) is 3.99. The van der Waals surface area contributed by atoms with Crippen LogP contribution in [-0.4, -0.2) is 22.2 Å². The van der Waals surface area contributed by atoms with Crippen molar-refractivity contribution in [3.63, 3.8) is 0 Å². The van der Waals surface area contributed by atoms with Crippen molar-refractivity contribution < 1.29 is 19.8 Å². The van der Waals surface area contributed by atoms with E-state index in [1.165, 1.54) is 0 Å². The normalized spacial score (nSPS) is 25.7. The summed E-state index contributed by atoms with van der Waals surface area (Å²) in [7, 11) is 0. The maximum Gasteiger partial charge on any atom is 0.309 e. The molecule has 1 saturated carbocycles. The molecule has 23 heavy (non-hydrogen) atoms. The number of carboxylic acid groups (broad SMARTS) is 2. The SMILES string of the molecule is CCCC(Cc1ccccc1)C1(C(=O)O)CCC(C(=O)O)CC1. The maximum absolute atomic E-state index is 12.1. The summed E-state index contributed by atoms with van der Waals surface area (Å²) in [6.07, 6.45) is 4.42. The van der Waals surface area contributed by atoms with E-state index in [0.717, 1.165) is 24.8 Å². The number of aliphatic carboxylic acids is 2. The fraction of sp³-hybridized carbons (Fsp3) is 0.579. The second kappa shape index (κ2) is 7.62. The van der Waals surface area contributed by atoms with Crippen LogP contribution in [0.3, 0.4) is 0 Å². The minimum Gasteiger partial charge on any atom is -0.481 e. The average Bonchev–Trinajstić information content (AvgIpc) is 2.55. The van der Waals surface area contributed by atoms with E-state index in [9.17, 15) is 19.8 Å². The van der Waals surface area contributed by atoms with Gasteiger partial charge in [0.15, 0.2) is 0 Å². The number of rotatable bonds is 7. The zero-order valence-electron chi connectivity index (χ0n) is 13.7. The molecule has 2 N–H and O–H groups in total. The van der Waals surface area contributed by atoms with Crippen molar-refractivity contribution in [2.45, 2.75) is 51.9 Å². The third kappa shape index (κ3) is 3.92. The smallest absolute Gasteiger partial charge is 0.309 e. The number of carboxylic acids is 2. The highest BCUT2D eigenvalue weighted by molar-refractivity contribution is 5.76. The first-order valence-electron chi connectivity index (χ1n) is 8.49. The zero-order valence-corrected chi connectivity index (χ0v) is 13.7. The second-order valence-corrected chi connectivity index (χ2v) is 6.75. The minimum atomic E-state index is -0.793. The number of hydrogen-bond acceptors (Lipinski definition) is 2. The molecule has 1 atom stereocenters. The van der Waals surface area contributed by atoms with Gasteiger partial charge >= 0.3 is 11.9 Å². The molecule has 4 heteroatoms. The van der Waals surface area contributed by atoms with Crippen LogP contribution in [0.4, 0.5) is 0 Å². The Kier molecular flexibility index (Phi) is 5.80. The molecular formula is C19H26O4. The lowest BCUT2D eigenvalue weighted by atomic mass is 9.61. The predicted molar refractivity (Wildman–Crippen MR) is 88.2 cm³/mol. The van der Waals surface area contributed by atoms with Gasteiger partial charge in [0.2, 0.25) is 0 Å². The molecule has 0 aliphatic heterocycles. The first-order chi connectivity index (χ1) is 11.0. The molecule has 4 nitrogen and oxygen atoms in total. The van der Waals surface area contributed by atoms with Crippen molar-refractivity contribution in [1.29, 1.82) is 0 Å². The minimum absolute atomic E-state index is 0.0575. The van der Waals surface area contributed by atoms with Gasteiger partial charge in [-0.25, -0.2) is 0 Å². The van der Waals surface area contributed by atoms with E-state index in [0.29, 0.717) is 25.7 Å². The van der Waals surface area contributed by atoms with Crippen molar-refractivity contribution in [3.05, 3.63) is 35.9 Å². The van der Waals surface area contributed by atoms with Gasteiger partial charge in [0, 0.05) is 0 Å². The van der Waals surface area contributed by atoms with E-state index in [-0.39, 0.29) is 11.8 Å². The number of hydrogen-bond donors (Lipinski definition) is 2. The quantitative estimate of drug-likeness (QED) is 0.797. The van der Waals surface area contributed by atoms with Crippen LogP contribution in [0, 0.1) is 17.3 Å². The summed E-state index contributed by atoms with van der Waals surface area (Å²) in [5, 5.41) is 19.1. The fourth-order valence-corrected chi connectivity index (χ4v) is 4.00. The highest BCUT2D eigenvalue weighted by atomic mass is 16.4. The van der Waals surface area contributed by atoms with Crippen molar-refractivity contribution in [3.8, 4) is 0 Å². The van der Waals surface area contributed by atoms with Gasteiger partial charge in [-0.05, 0) is 50.0 Å². The molecule has 1 aromatic carbocycles. The highest BCUT2D eigenvalue weighted by Gasteiger charge is 2.48. The van der Waals surface area contributed by atoms with Crippen LogP contribution in [0.25, 0.3) is 0 Å². The first-order valence-corrected chi connectivity index (χ1v) is 8.49. The molecule has 1 unspecified atom stereocenters. The molecule has 2 rings (SSSR count). The van der Waals surface area contributed by atoms with Crippen LogP contribution in [0.2, 0.25) is 0 Å². The van der Waals surface area contributed by atoms with E-state index in [1.807, 2.05) is 30.3 Å². The molecular weight excluding hydrogens is 292 g/mol.